The number of methoxy groups -OCH3 is 1. The molecule has 6 fully saturated rings. The smallest absolute Gasteiger partial charge is 0.437 e. The van der Waals surface area contributed by atoms with Crippen molar-refractivity contribution >= 4 is 83.9 Å². The highest BCUT2D eigenvalue weighted by Gasteiger charge is 2.59. The summed E-state index contributed by atoms with van der Waals surface area (Å²) in [4.78, 5) is 9.85. The van der Waals surface area contributed by atoms with Crippen molar-refractivity contribution in [2.75, 3.05) is 20.3 Å². The van der Waals surface area contributed by atoms with Crippen molar-refractivity contribution in [3.8, 4) is 0 Å². The van der Waals surface area contributed by atoms with E-state index >= 15 is 0 Å². The van der Waals surface area contributed by atoms with Crippen LogP contribution in [0.15, 0.2) is 24.3 Å². The summed E-state index contributed by atoms with van der Waals surface area (Å²) in [6.07, 6.45) is 18.8. The van der Waals surface area contributed by atoms with Crippen LogP contribution in [0.25, 0.3) is 0 Å². The molecule has 3 saturated carbocycles. The molecule has 0 spiro atoms. The van der Waals surface area contributed by atoms with E-state index in [9.17, 15) is 4.80 Å². The van der Waals surface area contributed by atoms with E-state index < -0.39 is 83.9 Å². The molecule has 0 aromatic heterocycles. The van der Waals surface area contributed by atoms with Crippen molar-refractivity contribution in [3.63, 3.8) is 0 Å². The summed E-state index contributed by atoms with van der Waals surface area (Å²) >= 11 is 0. The Morgan fingerprint density at radius 2 is 0.802 bits per heavy atom. The van der Waals surface area contributed by atoms with Crippen molar-refractivity contribution in [3.05, 3.63) is 35.4 Å². The van der Waals surface area contributed by atoms with E-state index in [1.54, 1.807) is 7.11 Å². The van der Waals surface area contributed by atoms with Gasteiger partial charge in [0, 0.05) is 15.2 Å². The first-order valence-corrected chi connectivity index (χ1v) is 62.3. The van der Waals surface area contributed by atoms with E-state index in [2.05, 4.69) is 136 Å². The van der Waals surface area contributed by atoms with Crippen LogP contribution in [0, 0.1) is 17.8 Å². The molecule has 6 aliphatic rings. The van der Waals surface area contributed by atoms with Gasteiger partial charge in [0.1, 0.15) is 0 Å². The third-order valence-corrected chi connectivity index (χ3v) is 52.2. The highest BCUT2D eigenvalue weighted by Crippen LogP contribution is 2.46. The van der Waals surface area contributed by atoms with Gasteiger partial charge in [-0.15, -0.1) is 0 Å². The van der Waals surface area contributed by atoms with Crippen molar-refractivity contribution in [1.29, 1.82) is 0 Å². The summed E-state index contributed by atoms with van der Waals surface area (Å²) in [6.45, 7) is 47.0. The number of fused-ring (bicyclic) bond motifs is 3. The SMILES string of the molecule is COCCOCc1cccc(CC[Si](C)(C)O)c1.C[Si](C)(C)CC[Si](C)(C)O[Si](C)(C)O[Si](C)(C)CC[Si](C)(C)O[Si](O[Si](C)(C)CCC1CCC2OC2C1)(O[Si](C)(C)CCC1CCC2OC2C1)O[Si](C)(C)CCC1CCC2OC2C1. The molecule has 0 bridgehead atoms. The molecule has 7 rings (SSSR count). The number of hydrogen-bond donors (Lipinski definition) is 1. The monoisotopic (exact) mass is 1300 g/mol. The molecule has 12 nitrogen and oxygen atoms in total. The minimum atomic E-state index is -3.67. The molecular weight excluding hydrogens is 1180 g/mol. The first kappa shape index (κ1) is 71.0. The Balaban J connectivity index is 0.000000499. The summed E-state index contributed by atoms with van der Waals surface area (Å²) in [6, 6.07) is 17.2. The lowest BCUT2D eigenvalue weighted by atomic mass is 9.88. The predicted molar refractivity (Wildman–Crippen MR) is 360 cm³/mol. The lowest BCUT2D eigenvalue weighted by Crippen LogP contribution is -2.67. The van der Waals surface area contributed by atoms with Crippen LogP contribution in [-0.2, 0) is 61.4 Å². The highest BCUT2D eigenvalue weighted by molar-refractivity contribution is 6.93. The van der Waals surface area contributed by atoms with Gasteiger partial charge in [-0.3, -0.25) is 0 Å². The van der Waals surface area contributed by atoms with Crippen LogP contribution in [-0.4, -0.2) is 146 Å². The molecule has 3 saturated heterocycles. The summed E-state index contributed by atoms with van der Waals surface area (Å²) in [5, 5.41) is 0. The first-order chi connectivity index (χ1) is 37.3. The number of epoxide rings is 3. The summed E-state index contributed by atoms with van der Waals surface area (Å²) in [7, 11) is -20.8. The molecule has 3 heterocycles. The standard InChI is InChI=1S/C45H98O9Si9.C14H24O3Si/c1-55(2,3)30-31-59(10,11)49-62(16,17)50-60(12,13)32-33-61(14,15)54-63(51-56(4,5)27-24-37-18-21-40-43(34-37)46-40,52-57(6,7)28-25-38-19-22-41-44(35-38)47-41)53-58(8,9)29-26-39-20-23-42-45(36-39)48-42;1-16-8-9-17-12-14-6-4-5-13(11-14)7-10-18(2,3)15/h37-45H,18-36H2,1-17H3;4-6,11,15H,7-10,12H2,1-3H3. The second kappa shape index (κ2) is 29.2. The molecule has 81 heavy (non-hydrogen) atoms. The van der Waals surface area contributed by atoms with Crippen molar-refractivity contribution in [2.24, 2.45) is 17.8 Å². The van der Waals surface area contributed by atoms with E-state index in [4.69, 9.17) is 48.4 Å². The zero-order valence-electron chi connectivity index (χ0n) is 55.4. The maximum atomic E-state index is 9.85. The van der Waals surface area contributed by atoms with Gasteiger partial charge in [0.15, 0.2) is 58.2 Å². The number of aryl methyl sites for hydroxylation is 1. The quantitative estimate of drug-likeness (QED) is 0.0394. The van der Waals surface area contributed by atoms with Gasteiger partial charge < -0.3 is 53.2 Å². The molecule has 0 radical (unpaired) electrons. The lowest BCUT2D eigenvalue weighted by Gasteiger charge is -2.47. The van der Waals surface area contributed by atoms with Crippen LogP contribution < -0.4 is 0 Å². The number of ether oxygens (including phenoxy) is 5. The Morgan fingerprint density at radius 3 is 1.17 bits per heavy atom. The topological polar surface area (TPSA) is 132 Å². The molecule has 3 aliphatic carbocycles. The average Bonchev–Trinajstić information content (AvgIpc) is 4.34. The molecular formula is C59H122O12Si10. The maximum absolute atomic E-state index is 9.85. The van der Waals surface area contributed by atoms with Crippen molar-refractivity contribution in [2.45, 2.75) is 299 Å². The summed E-state index contributed by atoms with van der Waals surface area (Å²) < 4.78 is 74.0. The van der Waals surface area contributed by atoms with Crippen LogP contribution in [0.2, 0.25) is 173 Å². The zero-order chi connectivity index (χ0) is 59.9. The summed E-state index contributed by atoms with van der Waals surface area (Å²) in [5.41, 5.74) is 2.46. The molecule has 3 aliphatic heterocycles. The Kier molecular flexibility index (Phi) is 25.6. The molecule has 22 heteroatoms. The van der Waals surface area contributed by atoms with Crippen LogP contribution in [0.1, 0.15) is 88.2 Å². The molecule has 9 atom stereocenters. The lowest BCUT2D eigenvalue weighted by molar-refractivity contribution is 0.0616. The zero-order valence-corrected chi connectivity index (χ0v) is 65.4. The Morgan fingerprint density at radius 1 is 0.432 bits per heavy atom. The van der Waals surface area contributed by atoms with Gasteiger partial charge in [-0.2, -0.15) is 0 Å². The van der Waals surface area contributed by atoms with Gasteiger partial charge in [-0.05, 0) is 240 Å². The minimum absolute atomic E-state index is 0.506. The Bertz CT molecular complexity index is 1970. The third kappa shape index (κ3) is 27.3. The number of rotatable bonds is 35. The normalized spacial score (nSPS) is 27.1. The second-order valence-electron chi connectivity index (χ2n) is 32.1. The van der Waals surface area contributed by atoms with Gasteiger partial charge in [-0.1, -0.05) is 69.2 Å². The van der Waals surface area contributed by atoms with Gasteiger partial charge >= 0.3 is 17.6 Å². The highest BCUT2D eigenvalue weighted by atomic mass is 28.5. The fourth-order valence-corrected chi connectivity index (χ4v) is 55.1. The minimum Gasteiger partial charge on any atom is -0.437 e. The molecule has 0 amide bonds. The molecule has 1 aromatic rings. The van der Waals surface area contributed by atoms with Crippen LogP contribution in [0.4, 0.5) is 0 Å². The Hall–Kier alpha value is 0.909. The fraction of sp³-hybridized carbons (Fsp3) is 0.898. The van der Waals surface area contributed by atoms with Crippen LogP contribution >= 0.6 is 0 Å². The summed E-state index contributed by atoms with van der Waals surface area (Å²) in [5.74, 6) is 2.16. The van der Waals surface area contributed by atoms with Gasteiger partial charge in [0.2, 0.25) is 0 Å². The largest absolute Gasteiger partial charge is 0.636 e. The van der Waals surface area contributed by atoms with E-state index in [0.717, 1.165) is 60.4 Å². The third-order valence-electron chi connectivity index (χ3n) is 18.0. The average molecular weight is 1300 g/mol. The van der Waals surface area contributed by atoms with Crippen LogP contribution in [0.3, 0.4) is 0 Å². The molecule has 470 valence electrons. The first-order valence-electron chi connectivity index (χ1n) is 32.3. The van der Waals surface area contributed by atoms with Crippen molar-refractivity contribution in [1.82, 2.24) is 0 Å². The van der Waals surface area contributed by atoms with Gasteiger partial charge in [-0.25, -0.2) is 0 Å². The predicted octanol–water partition coefficient (Wildman–Crippen LogP) is 16.3. The number of hydrogen-bond acceptors (Lipinski definition) is 12. The number of benzene rings is 1. The van der Waals surface area contributed by atoms with Crippen molar-refractivity contribution < 1.29 is 53.2 Å². The molecule has 1 aromatic carbocycles. The van der Waals surface area contributed by atoms with E-state index in [-0.39, 0.29) is 0 Å². The van der Waals surface area contributed by atoms with Gasteiger partial charge in [0.05, 0.1) is 56.4 Å². The second-order valence-corrected chi connectivity index (χ2v) is 74.7. The van der Waals surface area contributed by atoms with Gasteiger partial charge in [0.25, 0.3) is 0 Å². The van der Waals surface area contributed by atoms with E-state index in [1.165, 1.54) is 100 Å². The Labute approximate surface area is 506 Å². The maximum Gasteiger partial charge on any atom is 0.636 e. The van der Waals surface area contributed by atoms with E-state index in [1.807, 2.05) is 13.1 Å². The van der Waals surface area contributed by atoms with E-state index in [0.29, 0.717) is 56.4 Å². The molecule has 1 N–H and O–H groups in total. The van der Waals surface area contributed by atoms with Crippen LogP contribution in [0.5, 0.6) is 0 Å². The fourth-order valence-electron chi connectivity index (χ4n) is 13.0. The molecule has 9 unspecified atom stereocenters.